The highest BCUT2D eigenvalue weighted by Crippen LogP contribution is 2.30. The summed E-state index contributed by atoms with van der Waals surface area (Å²) >= 11 is 1.49. The molecule has 0 unspecified atom stereocenters. The molecule has 2 heterocycles. The molecule has 20 heavy (non-hydrogen) atoms. The lowest BCUT2D eigenvalue weighted by atomic mass is 10.3. The maximum Gasteiger partial charge on any atom is 0.244 e. The minimum absolute atomic E-state index is 0.0692. The number of rotatable bonds is 4. The van der Waals surface area contributed by atoms with Gasteiger partial charge >= 0.3 is 0 Å². The zero-order valence-corrected chi connectivity index (χ0v) is 14.0. The second-order valence-corrected chi connectivity index (χ2v) is 8.12. The van der Waals surface area contributed by atoms with Crippen molar-refractivity contribution in [3.05, 3.63) is 15.8 Å². The molecule has 0 aliphatic carbocycles. The van der Waals surface area contributed by atoms with Gasteiger partial charge < -0.3 is 10.1 Å². The van der Waals surface area contributed by atoms with E-state index in [2.05, 4.69) is 5.32 Å². The van der Waals surface area contributed by atoms with E-state index in [1.54, 1.807) is 4.31 Å². The van der Waals surface area contributed by atoms with Gasteiger partial charge in [-0.25, -0.2) is 8.42 Å². The number of hydrogen-bond donors (Lipinski definition) is 1. The number of hydrogen-bond acceptors (Lipinski definition) is 5. The number of nitrogens with zero attached hydrogens (tertiary/aromatic N) is 1. The van der Waals surface area contributed by atoms with Crippen molar-refractivity contribution in [1.82, 2.24) is 9.62 Å². The molecule has 1 aromatic rings. The zero-order valence-electron chi connectivity index (χ0n) is 12.3. The van der Waals surface area contributed by atoms with Crippen molar-refractivity contribution in [2.45, 2.75) is 44.4 Å². The number of nitrogens with one attached hydrogen (secondary N) is 1. The summed E-state index contributed by atoms with van der Waals surface area (Å²) in [6.07, 6.45) is -0.138. The van der Waals surface area contributed by atoms with Crippen LogP contribution in [0.5, 0.6) is 0 Å². The Morgan fingerprint density at radius 3 is 2.55 bits per heavy atom. The van der Waals surface area contributed by atoms with Crippen LogP contribution < -0.4 is 5.32 Å². The Morgan fingerprint density at radius 1 is 1.40 bits per heavy atom. The molecular weight excluding hydrogens is 296 g/mol. The lowest BCUT2D eigenvalue weighted by molar-refractivity contribution is -0.0441. The van der Waals surface area contributed by atoms with Crippen molar-refractivity contribution in [2.24, 2.45) is 0 Å². The smallest absolute Gasteiger partial charge is 0.244 e. The summed E-state index contributed by atoms with van der Waals surface area (Å²) in [6.45, 7) is 7.08. The zero-order chi connectivity index (χ0) is 14.9. The molecule has 1 fully saturated rings. The number of aryl methyl sites for hydroxylation is 1. The molecule has 1 aromatic heterocycles. The predicted molar refractivity (Wildman–Crippen MR) is 80.6 cm³/mol. The summed E-state index contributed by atoms with van der Waals surface area (Å²) in [7, 11) is -1.62. The Labute approximate surface area is 125 Å². The quantitative estimate of drug-likeness (QED) is 0.915. The molecule has 0 bridgehead atoms. The molecule has 114 valence electrons. The highest BCUT2D eigenvalue weighted by molar-refractivity contribution is 7.89. The van der Waals surface area contributed by atoms with E-state index >= 15 is 0 Å². The van der Waals surface area contributed by atoms with Gasteiger partial charge in [0.05, 0.1) is 12.2 Å². The SMILES string of the molecule is CNCc1scc(C)c1S(=O)(=O)N1C[C@@H](C)O[C@@H](C)C1. The van der Waals surface area contributed by atoms with Crippen molar-refractivity contribution >= 4 is 21.4 Å². The van der Waals surface area contributed by atoms with Gasteiger partial charge in [-0.05, 0) is 38.8 Å². The maximum absolute atomic E-state index is 12.9. The van der Waals surface area contributed by atoms with Crippen LogP contribution in [0.15, 0.2) is 10.3 Å². The van der Waals surface area contributed by atoms with Gasteiger partial charge in [0.2, 0.25) is 10.0 Å². The predicted octanol–water partition coefficient (Wildman–Crippen LogP) is 1.57. The Hall–Kier alpha value is -0.470. The van der Waals surface area contributed by atoms with Crippen LogP contribution in [0, 0.1) is 6.92 Å². The maximum atomic E-state index is 12.9. The van der Waals surface area contributed by atoms with Gasteiger partial charge in [-0.3, -0.25) is 0 Å². The first-order chi connectivity index (χ1) is 9.36. The highest BCUT2D eigenvalue weighted by Gasteiger charge is 2.34. The van der Waals surface area contributed by atoms with E-state index in [-0.39, 0.29) is 12.2 Å². The summed E-state index contributed by atoms with van der Waals surface area (Å²) in [5, 5.41) is 4.94. The molecule has 0 saturated carbocycles. The molecular formula is C13H22N2O3S2. The summed E-state index contributed by atoms with van der Waals surface area (Å²) in [5.41, 5.74) is 0.826. The van der Waals surface area contributed by atoms with E-state index in [4.69, 9.17) is 4.74 Å². The van der Waals surface area contributed by atoms with Crippen LogP contribution in [0.2, 0.25) is 0 Å². The molecule has 1 aliphatic heterocycles. The Kier molecular flexibility index (Phi) is 4.86. The number of thiophene rings is 1. The molecule has 0 spiro atoms. The molecule has 1 aliphatic rings. The molecule has 0 amide bonds. The molecule has 1 saturated heterocycles. The topological polar surface area (TPSA) is 58.6 Å². The lowest BCUT2D eigenvalue weighted by Gasteiger charge is -2.34. The lowest BCUT2D eigenvalue weighted by Crippen LogP contribution is -2.48. The normalized spacial score (nSPS) is 25.0. The first kappa shape index (κ1) is 15.9. The van der Waals surface area contributed by atoms with Crippen LogP contribution in [-0.2, 0) is 21.3 Å². The first-order valence-electron chi connectivity index (χ1n) is 6.73. The minimum Gasteiger partial charge on any atom is -0.373 e. The van der Waals surface area contributed by atoms with Crippen molar-refractivity contribution in [3.8, 4) is 0 Å². The van der Waals surface area contributed by atoms with E-state index in [0.29, 0.717) is 24.5 Å². The molecule has 2 rings (SSSR count). The summed E-state index contributed by atoms with van der Waals surface area (Å²) < 4.78 is 33.0. The molecule has 0 radical (unpaired) electrons. The number of ether oxygens (including phenoxy) is 1. The van der Waals surface area contributed by atoms with Gasteiger partial charge in [0.15, 0.2) is 0 Å². The molecule has 5 nitrogen and oxygen atoms in total. The van der Waals surface area contributed by atoms with Crippen molar-refractivity contribution < 1.29 is 13.2 Å². The van der Waals surface area contributed by atoms with E-state index in [9.17, 15) is 8.42 Å². The first-order valence-corrected chi connectivity index (χ1v) is 9.05. The van der Waals surface area contributed by atoms with Gasteiger partial charge in [-0.2, -0.15) is 4.31 Å². The van der Waals surface area contributed by atoms with Crippen LogP contribution in [0.1, 0.15) is 24.3 Å². The van der Waals surface area contributed by atoms with Crippen LogP contribution >= 0.6 is 11.3 Å². The van der Waals surface area contributed by atoms with Gasteiger partial charge in [0.1, 0.15) is 4.90 Å². The summed E-state index contributed by atoms with van der Waals surface area (Å²) in [6, 6.07) is 0. The van der Waals surface area contributed by atoms with E-state index < -0.39 is 10.0 Å². The Morgan fingerprint density at radius 2 is 2.00 bits per heavy atom. The van der Waals surface area contributed by atoms with E-state index in [0.717, 1.165) is 10.4 Å². The molecule has 2 atom stereocenters. The van der Waals surface area contributed by atoms with Crippen LogP contribution in [-0.4, -0.2) is 45.1 Å². The largest absolute Gasteiger partial charge is 0.373 e. The van der Waals surface area contributed by atoms with Crippen LogP contribution in [0.4, 0.5) is 0 Å². The summed E-state index contributed by atoms with van der Waals surface area (Å²) in [4.78, 5) is 1.34. The monoisotopic (exact) mass is 318 g/mol. The second-order valence-electron chi connectivity index (χ2n) is 5.28. The van der Waals surface area contributed by atoms with Crippen LogP contribution in [0.25, 0.3) is 0 Å². The fourth-order valence-electron chi connectivity index (χ4n) is 2.57. The fraction of sp³-hybridized carbons (Fsp3) is 0.692. The third kappa shape index (κ3) is 3.07. The standard InChI is InChI=1S/C13H22N2O3S2/c1-9-8-19-12(5-14-4)13(9)20(16,17)15-6-10(2)18-11(3)7-15/h8,10-11,14H,5-7H2,1-4H3/t10-,11+. The third-order valence-electron chi connectivity index (χ3n) is 3.31. The van der Waals surface area contributed by atoms with Crippen LogP contribution in [0.3, 0.4) is 0 Å². The number of morpholine rings is 1. The Bertz CT molecular complexity index is 558. The van der Waals surface area contributed by atoms with Gasteiger partial charge in [-0.1, -0.05) is 0 Å². The Balaban J connectivity index is 2.37. The van der Waals surface area contributed by atoms with E-state index in [1.807, 2.05) is 33.2 Å². The van der Waals surface area contributed by atoms with Crippen molar-refractivity contribution in [3.63, 3.8) is 0 Å². The average Bonchev–Trinajstić information content (AvgIpc) is 2.70. The summed E-state index contributed by atoms with van der Waals surface area (Å²) in [5.74, 6) is 0. The van der Waals surface area contributed by atoms with Crippen molar-refractivity contribution in [2.75, 3.05) is 20.1 Å². The molecule has 0 aromatic carbocycles. The van der Waals surface area contributed by atoms with E-state index in [1.165, 1.54) is 11.3 Å². The fourth-order valence-corrected chi connectivity index (χ4v) is 5.94. The van der Waals surface area contributed by atoms with Crippen molar-refractivity contribution in [1.29, 1.82) is 0 Å². The van der Waals surface area contributed by atoms with Gasteiger partial charge in [-0.15, -0.1) is 11.3 Å². The highest BCUT2D eigenvalue weighted by atomic mass is 32.2. The van der Waals surface area contributed by atoms with Gasteiger partial charge in [0.25, 0.3) is 0 Å². The second kappa shape index (κ2) is 6.11. The molecule has 7 heteroatoms. The minimum atomic E-state index is -3.44. The third-order valence-corrected chi connectivity index (χ3v) is 6.61. The molecule has 1 N–H and O–H groups in total. The number of sulfonamides is 1. The average molecular weight is 318 g/mol. The van der Waals surface area contributed by atoms with Gasteiger partial charge in [0, 0.05) is 24.5 Å².